The zero-order valence-corrected chi connectivity index (χ0v) is 9.91. The van der Waals surface area contributed by atoms with Crippen molar-refractivity contribution in [1.29, 1.82) is 0 Å². The van der Waals surface area contributed by atoms with Crippen LogP contribution in [0.4, 0.5) is 4.39 Å². The van der Waals surface area contributed by atoms with Crippen LogP contribution in [0.1, 0.15) is 10.6 Å². The third kappa shape index (κ3) is 2.06. The van der Waals surface area contributed by atoms with Crippen LogP contribution in [0.5, 0.6) is 0 Å². The second-order valence-electron chi connectivity index (χ2n) is 3.17. The molecule has 0 saturated carbocycles. The normalized spacial score (nSPS) is 10.6. The first-order chi connectivity index (χ1) is 7.22. The number of rotatable bonds is 2. The Morgan fingerprint density at radius 2 is 2.13 bits per heavy atom. The van der Waals surface area contributed by atoms with Crippen LogP contribution in [-0.2, 0) is 5.75 Å². The Morgan fingerprint density at radius 1 is 1.40 bits per heavy atom. The summed E-state index contributed by atoms with van der Waals surface area (Å²) in [6.07, 6.45) is 0. The highest BCUT2D eigenvalue weighted by atomic mass is 32.1. The summed E-state index contributed by atoms with van der Waals surface area (Å²) in [6, 6.07) is 6.69. The molecule has 0 amide bonds. The number of aromatic nitrogens is 1. The van der Waals surface area contributed by atoms with Gasteiger partial charge in [-0.1, -0.05) is 12.1 Å². The van der Waals surface area contributed by atoms with Crippen LogP contribution in [-0.4, -0.2) is 4.98 Å². The van der Waals surface area contributed by atoms with E-state index in [-0.39, 0.29) is 5.82 Å². The molecule has 0 saturated heterocycles. The first-order valence-corrected chi connectivity index (χ1v) is 5.99. The van der Waals surface area contributed by atoms with Gasteiger partial charge in [0.2, 0.25) is 0 Å². The molecule has 1 aromatic carbocycles. The highest BCUT2D eigenvalue weighted by molar-refractivity contribution is 7.79. The molecule has 0 N–H and O–H groups in total. The number of halogens is 1. The predicted molar refractivity (Wildman–Crippen MR) is 64.9 cm³/mol. The van der Waals surface area contributed by atoms with E-state index in [9.17, 15) is 4.39 Å². The third-order valence-electron chi connectivity index (χ3n) is 2.14. The van der Waals surface area contributed by atoms with Crippen LogP contribution in [0.15, 0.2) is 24.3 Å². The van der Waals surface area contributed by atoms with Gasteiger partial charge in [-0.2, -0.15) is 12.6 Å². The SMILES string of the molecule is Cc1nc(-c2ccccc2F)sc1CS. The van der Waals surface area contributed by atoms with Gasteiger partial charge in [0.15, 0.2) is 0 Å². The van der Waals surface area contributed by atoms with E-state index < -0.39 is 0 Å². The third-order valence-corrected chi connectivity index (χ3v) is 3.86. The van der Waals surface area contributed by atoms with Crippen molar-refractivity contribution < 1.29 is 4.39 Å². The Bertz CT molecular complexity index is 479. The van der Waals surface area contributed by atoms with Gasteiger partial charge in [-0.25, -0.2) is 9.37 Å². The van der Waals surface area contributed by atoms with Gasteiger partial charge in [0, 0.05) is 16.2 Å². The van der Waals surface area contributed by atoms with Crippen molar-refractivity contribution in [2.24, 2.45) is 0 Å². The summed E-state index contributed by atoms with van der Waals surface area (Å²) in [5.74, 6) is 0.426. The molecule has 0 unspecified atom stereocenters. The highest BCUT2D eigenvalue weighted by Crippen LogP contribution is 2.30. The minimum atomic E-state index is -0.225. The van der Waals surface area contributed by atoms with Gasteiger partial charge in [0.1, 0.15) is 10.8 Å². The molecule has 0 fully saturated rings. The van der Waals surface area contributed by atoms with Crippen LogP contribution in [0, 0.1) is 12.7 Å². The number of hydrogen-bond acceptors (Lipinski definition) is 3. The summed E-state index contributed by atoms with van der Waals surface area (Å²) in [7, 11) is 0. The molecule has 1 heterocycles. The Morgan fingerprint density at radius 3 is 2.73 bits per heavy atom. The molecule has 0 spiro atoms. The van der Waals surface area contributed by atoms with Gasteiger partial charge in [-0.3, -0.25) is 0 Å². The number of thiol groups is 1. The fraction of sp³-hybridized carbons (Fsp3) is 0.182. The summed E-state index contributed by atoms with van der Waals surface area (Å²) < 4.78 is 13.5. The Balaban J connectivity index is 2.50. The summed E-state index contributed by atoms with van der Waals surface area (Å²) in [6.45, 7) is 1.92. The lowest BCUT2D eigenvalue weighted by molar-refractivity contribution is 0.631. The summed E-state index contributed by atoms with van der Waals surface area (Å²) in [5.41, 5.74) is 1.51. The van der Waals surface area contributed by atoms with E-state index in [1.807, 2.05) is 13.0 Å². The fourth-order valence-corrected chi connectivity index (χ4v) is 2.70. The minimum absolute atomic E-state index is 0.225. The Hall–Kier alpha value is -0.870. The van der Waals surface area contributed by atoms with Crippen LogP contribution in [0.3, 0.4) is 0 Å². The monoisotopic (exact) mass is 239 g/mol. The fourth-order valence-electron chi connectivity index (χ4n) is 1.32. The van der Waals surface area contributed by atoms with Crippen molar-refractivity contribution in [3.8, 4) is 10.6 Å². The van der Waals surface area contributed by atoms with Crippen LogP contribution in [0.25, 0.3) is 10.6 Å². The zero-order valence-electron chi connectivity index (χ0n) is 8.20. The van der Waals surface area contributed by atoms with E-state index in [1.165, 1.54) is 17.4 Å². The summed E-state index contributed by atoms with van der Waals surface area (Å²) in [4.78, 5) is 5.44. The Kier molecular flexibility index (Phi) is 3.07. The molecule has 0 aliphatic carbocycles. The van der Waals surface area contributed by atoms with E-state index in [2.05, 4.69) is 17.6 Å². The summed E-state index contributed by atoms with van der Waals surface area (Å²) >= 11 is 5.71. The number of benzene rings is 1. The maximum Gasteiger partial charge on any atom is 0.133 e. The van der Waals surface area contributed by atoms with Crippen molar-refractivity contribution in [2.75, 3.05) is 0 Å². The molecular formula is C11H10FNS2. The average molecular weight is 239 g/mol. The van der Waals surface area contributed by atoms with Crippen molar-refractivity contribution >= 4 is 24.0 Å². The maximum absolute atomic E-state index is 13.5. The minimum Gasteiger partial charge on any atom is -0.241 e. The molecule has 0 radical (unpaired) electrons. The standard InChI is InChI=1S/C11H10FNS2/c1-7-10(6-14)15-11(13-7)8-4-2-3-5-9(8)12/h2-5,14H,6H2,1H3. The van der Waals surface area contributed by atoms with Crippen molar-refractivity contribution in [3.63, 3.8) is 0 Å². The first kappa shape index (κ1) is 10.6. The van der Waals surface area contributed by atoms with E-state index in [4.69, 9.17) is 0 Å². The largest absolute Gasteiger partial charge is 0.241 e. The lowest BCUT2D eigenvalue weighted by Crippen LogP contribution is -1.82. The lowest BCUT2D eigenvalue weighted by Gasteiger charge is -1.96. The smallest absolute Gasteiger partial charge is 0.133 e. The quantitative estimate of drug-likeness (QED) is 0.789. The van der Waals surface area contributed by atoms with E-state index in [1.54, 1.807) is 12.1 Å². The first-order valence-electron chi connectivity index (χ1n) is 4.54. The molecule has 1 nitrogen and oxygen atoms in total. The van der Waals surface area contributed by atoms with E-state index in [0.29, 0.717) is 11.3 Å². The van der Waals surface area contributed by atoms with Gasteiger partial charge in [-0.05, 0) is 19.1 Å². The molecule has 0 atom stereocenters. The van der Waals surface area contributed by atoms with Gasteiger partial charge >= 0.3 is 0 Å². The lowest BCUT2D eigenvalue weighted by atomic mass is 10.2. The van der Waals surface area contributed by atoms with Crippen LogP contribution < -0.4 is 0 Å². The summed E-state index contributed by atoms with van der Waals surface area (Å²) in [5, 5.41) is 0.731. The molecular weight excluding hydrogens is 229 g/mol. The van der Waals surface area contributed by atoms with Crippen molar-refractivity contribution in [1.82, 2.24) is 4.98 Å². The average Bonchev–Trinajstić information content (AvgIpc) is 2.60. The molecule has 4 heteroatoms. The van der Waals surface area contributed by atoms with Gasteiger partial charge in [0.05, 0.1) is 5.69 Å². The predicted octanol–water partition coefficient (Wildman–Crippen LogP) is 3.69. The molecule has 2 aromatic rings. The van der Waals surface area contributed by atoms with Crippen LogP contribution >= 0.6 is 24.0 Å². The zero-order chi connectivity index (χ0) is 10.8. The molecule has 0 bridgehead atoms. The molecule has 15 heavy (non-hydrogen) atoms. The molecule has 78 valence electrons. The highest BCUT2D eigenvalue weighted by Gasteiger charge is 2.11. The van der Waals surface area contributed by atoms with Gasteiger partial charge < -0.3 is 0 Å². The number of thiazole rings is 1. The van der Waals surface area contributed by atoms with Crippen molar-refractivity contribution in [2.45, 2.75) is 12.7 Å². The van der Waals surface area contributed by atoms with E-state index >= 15 is 0 Å². The van der Waals surface area contributed by atoms with Crippen LogP contribution in [0.2, 0.25) is 0 Å². The topological polar surface area (TPSA) is 12.9 Å². The van der Waals surface area contributed by atoms with Gasteiger partial charge in [0.25, 0.3) is 0 Å². The maximum atomic E-state index is 13.5. The second-order valence-corrected chi connectivity index (χ2v) is 4.57. The number of aryl methyl sites for hydroxylation is 1. The second kappa shape index (κ2) is 4.33. The molecule has 1 aromatic heterocycles. The molecule has 0 aliphatic heterocycles. The number of hydrogen-bond donors (Lipinski definition) is 1. The number of nitrogens with zero attached hydrogens (tertiary/aromatic N) is 1. The molecule has 0 aliphatic rings. The molecule has 2 rings (SSSR count). The van der Waals surface area contributed by atoms with Crippen molar-refractivity contribution in [3.05, 3.63) is 40.7 Å². The Labute approximate surface area is 97.4 Å². The van der Waals surface area contributed by atoms with E-state index in [0.717, 1.165) is 15.6 Å². The van der Waals surface area contributed by atoms with Gasteiger partial charge in [-0.15, -0.1) is 11.3 Å².